The fourth-order valence-electron chi connectivity index (χ4n) is 1.31. The van der Waals surface area contributed by atoms with E-state index in [1.807, 2.05) is 25.3 Å². The van der Waals surface area contributed by atoms with Crippen LogP contribution in [-0.2, 0) is 0 Å². The summed E-state index contributed by atoms with van der Waals surface area (Å²) in [5, 5.41) is 7.42. The van der Waals surface area contributed by atoms with E-state index in [1.165, 1.54) is 0 Å². The molecule has 0 aliphatic heterocycles. The Labute approximate surface area is 102 Å². The lowest BCUT2D eigenvalue weighted by atomic mass is 10.4. The molecule has 0 saturated heterocycles. The van der Waals surface area contributed by atoms with Crippen molar-refractivity contribution in [3.63, 3.8) is 0 Å². The predicted molar refractivity (Wildman–Crippen MR) is 67.2 cm³/mol. The van der Waals surface area contributed by atoms with Crippen molar-refractivity contribution in [2.24, 2.45) is 0 Å². The quantitative estimate of drug-likeness (QED) is 0.692. The van der Waals surface area contributed by atoms with Crippen LogP contribution in [0.3, 0.4) is 0 Å². The molecule has 2 aromatic rings. The summed E-state index contributed by atoms with van der Waals surface area (Å²) in [7, 11) is 0. The summed E-state index contributed by atoms with van der Waals surface area (Å²) in [6.45, 7) is 2.59. The molecule has 0 atom stereocenters. The molecule has 2 rings (SSSR count). The van der Waals surface area contributed by atoms with E-state index in [-0.39, 0.29) is 0 Å². The Kier molecular flexibility index (Phi) is 3.42. The van der Waals surface area contributed by atoms with Crippen LogP contribution in [0.25, 0.3) is 5.65 Å². The number of rotatable bonds is 3. The fraction of sp³-hybridized carbons (Fsp3) is 0.273. The van der Waals surface area contributed by atoms with Crippen molar-refractivity contribution in [3.8, 4) is 11.8 Å². The average molecular weight is 279 g/mol. The minimum Gasteiger partial charge on any atom is -0.352 e. The number of aromatic nitrogens is 3. The van der Waals surface area contributed by atoms with Gasteiger partial charge in [-0.2, -0.15) is 4.98 Å². The number of anilines is 1. The number of pyridine rings is 1. The molecule has 0 aromatic carbocycles. The molecule has 0 aliphatic carbocycles. The molecule has 0 unspecified atom stereocenters. The fourth-order valence-corrected chi connectivity index (χ4v) is 1.73. The van der Waals surface area contributed by atoms with Crippen molar-refractivity contribution >= 4 is 27.5 Å². The second-order valence-electron chi connectivity index (χ2n) is 3.16. The predicted octanol–water partition coefficient (Wildman–Crippen LogP) is 2.32. The maximum absolute atomic E-state index is 4.36. The monoisotopic (exact) mass is 278 g/mol. The summed E-state index contributed by atoms with van der Waals surface area (Å²) < 4.78 is 2.67. The van der Waals surface area contributed by atoms with Crippen molar-refractivity contribution in [2.45, 2.75) is 13.3 Å². The van der Waals surface area contributed by atoms with Gasteiger partial charge in [-0.05, 0) is 35.0 Å². The molecule has 5 heteroatoms. The van der Waals surface area contributed by atoms with Gasteiger partial charge in [-0.25, -0.2) is 4.52 Å². The molecule has 4 nitrogen and oxygen atoms in total. The summed E-state index contributed by atoms with van der Waals surface area (Å²) in [6.07, 6.45) is 2.66. The number of halogens is 1. The summed E-state index contributed by atoms with van der Waals surface area (Å²) in [5.41, 5.74) is 0.812. The van der Waals surface area contributed by atoms with E-state index in [9.17, 15) is 0 Å². The molecule has 16 heavy (non-hydrogen) atoms. The molecule has 0 amide bonds. The van der Waals surface area contributed by atoms with Crippen LogP contribution in [-0.4, -0.2) is 21.1 Å². The lowest BCUT2D eigenvalue weighted by Crippen LogP contribution is -2.02. The molecule has 2 heterocycles. The largest absolute Gasteiger partial charge is 0.352 e. The zero-order valence-electron chi connectivity index (χ0n) is 8.87. The molecule has 0 radical (unpaired) electrons. The number of nitrogens with zero attached hydrogens (tertiary/aromatic N) is 3. The Bertz CT molecular complexity index is 550. The number of hydrogen-bond acceptors (Lipinski definition) is 3. The first-order valence-corrected chi connectivity index (χ1v) is 5.75. The first-order valence-electron chi connectivity index (χ1n) is 4.95. The molecule has 1 N–H and O–H groups in total. The summed E-state index contributed by atoms with van der Waals surface area (Å²) in [5.74, 6) is 6.46. The lowest BCUT2D eigenvalue weighted by molar-refractivity contribution is 0.946. The SMILES string of the molecule is CC#CCCNc1nc2c(Br)cccn2n1. The Morgan fingerprint density at radius 2 is 2.44 bits per heavy atom. The topological polar surface area (TPSA) is 42.2 Å². The van der Waals surface area contributed by atoms with Gasteiger partial charge in [0, 0.05) is 19.2 Å². The van der Waals surface area contributed by atoms with Crippen molar-refractivity contribution in [1.29, 1.82) is 0 Å². The highest BCUT2D eigenvalue weighted by atomic mass is 79.9. The van der Waals surface area contributed by atoms with Crippen LogP contribution >= 0.6 is 15.9 Å². The maximum Gasteiger partial charge on any atom is 0.243 e. The lowest BCUT2D eigenvalue weighted by Gasteiger charge is -1.94. The van der Waals surface area contributed by atoms with Crippen LogP contribution < -0.4 is 5.32 Å². The van der Waals surface area contributed by atoms with Gasteiger partial charge in [-0.1, -0.05) is 0 Å². The summed E-state index contributed by atoms with van der Waals surface area (Å²) in [4.78, 5) is 4.36. The van der Waals surface area contributed by atoms with Gasteiger partial charge in [0.1, 0.15) is 0 Å². The Morgan fingerprint density at radius 1 is 1.56 bits per heavy atom. The number of fused-ring (bicyclic) bond motifs is 1. The Balaban J connectivity index is 2.13. The maximum atomic E-state index is 4.36. The van der Waals surface area contributed by atoms with Crippen LogP contribution in [0.2, 0.25) is 0 Å². The van der Waals surface area contributed by atoms with Gasteiger partial charge in [0.05, 0.1) is 4.47 Å². The Hall–Kier alpha value is -1.54. The second-order valence-corrected chi connectivity index (χ2v) is 4.02. The number of hydrogen-bond donors (Lipinski definition) is 1. The van der Waals surface area contributed by atoms with Crippen molar-refractivity contribution < 1.29 is 0 Å². The van der Waals surface area contributed by atoms with Gasteiger partial charge in [-0.15, -0.1) is 16.9 Å². The molecule has 82 valence electrons. The zero-order valence-corrected chi connectivity index (χ0v) is 10.5. The van der Waals surface area contributed by atoms with E-state index in [0.29, 0.717) is 5.95 Å². The Morgan fingerprint density at radius 3 is 3.19 bits per heavy atom. The minimum absolute atomic E-state index is 0.629. The molecule has 0 spiro atoms. The van der Waals surface area contributed by atoms with Crippen molar-refractivity contribution in [2.75, 3.05) is 11.9 Å². The van der Waals surface area contributed by atoms with Gasteiger partial charge >= 0.3 is 0 Å². The molecular formula is C11H11BrN4. The minimum atomic E-state index is 0.629. The summed E-state index contributed by atoms with van der Waals surface area (Å²) in [6, 6.07) is 3.86. The van der Waals surface area contributed by atoms with E-state index in [1.54, 1.807) is 4.52 Å². The van der Waals surface area contributed by atoms with Crippen molar-refractivity contribution in [3.05, 3.63) is 22.8 Å². The first kappa shape index (κ1) is 11.0. The highest BCUT2D eigenvalue weighted by Crippen LogP contribution is 2.16. The van der Waals surface area contributed by atoms with Crippen LogP contribution in [0, 0.1) is 11.8 Å². The van der Waals surface area contributed by atoms with E-state index >= 15 is 0 Å². The molecule has 0 saturated carbocycles. The third-order valence-electron chi connectivity index (χ3n) is 2.02. The van der Waals surface area contributed by atoms with Crippen LogP contribution in [0.15, 0.2) is 22.8 Å². The van der Waals surface area contributed by atoms with Gasteiger partial charge in [0.2, 0.25) is 5.95 Å². The number of nitrogens with one attached hydrogen (secondary N) is 1. The molecule has 0 bridgehead atoms. The van der Waals surface area contributed by atoms with E-state index < -0.39 is 0 Å². The molecular weight excluding hydrogens is 268 g/mol. The van der Waals surface area contributed by atoms with Crippen LogP contribution in [0.4, 0.5) is 5.95 Å². The van der Waals surface area contributed by atoms with Gasteiger partial charge in [0.15, 0.2) is 5.65 Å². The van der Waals surface area contributed by atoms with Crippen LogP contribution in [0.5, 0.6) is 0 Å². The average Bonchev–Trinajstić information content (AvgIpc) is 2.69. The third kappa shape index (κ3) is 2.34. The zero-order chi connectivity index (χ0) is 11.4. The third-order valence-corrected chi connectivity index (χ3v) is 2.64. The van der Waals surface area contributed by atoms with Crippen LogP contribution in [0.1, 0.15) is 13.3 Å². The van der Waals surface area contributed by atoms with Gasteiger partial charge < -0.3 is 5.32 Å². The van der Waals surface area contributed by atoms with E-state index in [2.05, 4.69) is 43.2 Å². The summed E-state index contributed by atoms with van der Waals surface area (Å²) >= 11 is 3.43. The second kappa shape index (κ2) is 4.99. The standard InChI is InChI=1S/C11H11BrN4/c1-2-3-4-7-13-11-14-10-9(12)6-5-8-16(10)15-11/h5-6,8H,4,7H2,1H3,(H,13,15). The highest BCUT2D eigenvalue weighted by molar-refractivity contribution is 9.10. The highest BCUT2D eigenvalue weighted by Gasteiger charge is 2.04. The van der Waals surface area contributed by atoms with E-state index in [4.69, 9.17) is 0 Å². The van der Waals surface area contributed by atoms with Gasteiger partial charge in [0.25, 0.3) is 0 Å². The van der Waals surface area contributed by atoms with Gasteiger partial charge in [-0.3, -0.25) is 0 Å². The normalized spacial score (nSPS) is 9.88. The first-order chi connectivity index (χ1) is 7.81. The molecule has 0 aliphatic rings. The van der Waals surface area contributed by atoms with Crippen molar-refractivity contribution in [1.82, 2.24) is 14.6 Å². The van der Waals surface area contributed by atoms with E-state index in [0.717, 1.165) is 23.1 Å². The smallest absolute Gasteiger partial charge is 0.243 e. The molecule has 2 aromatic heterocycles. The molecule has 0 fully saturated rings.